The average molecular weight is 283 g/mol. The molecule has 21 heavy (non-hydrogen) atoms. The lowest BCUT2D eigenvalue weighted by Gasteiger charge is -2.58. The Kier molecular flexibility index (Phi) is 2.94. The molecule has 112 valence electrons. The van der Waals surface area contributed by atoms with Crippen molar-refractivity contribution in [2.45, 2.75) is 44.1 Å². The molecule has 1 aliphatic heterocycles. The van der Waals surface area contributed by atoms with Crippen molar-refractivity contribution in [1.29, 1.82) is 0 Å². The van der Waals surface area contributed by atoms with Crippen molar-refractivity contribution in [3.63, 3.8) is 0 Å². The highest BCUT2D eigenvalue weighted by atomic mass is 16.5. The third-order valence-corrected chi connectivity index (χ3v) is 6.25. The normalized spacial score (nSPS) is 34.7. The van der Waals surface area contributed by atoms with Crippen LogP contribution in [0, 0.1) is 5.92 Å². The number of benzene rings is 1. The molecule has 3 atom stereocenters. The molecule has 0 radical (unpaired) electrons. The van der Waals surface area contributed by atoms with Crippen molar-refractivity contribution in [2.24, 2.45) is 5.92 Å². The largest absolute Gasteiger partial charge is 0.497 e. The zero-order chi connectivity index (χ0) is 14.6. The van der Waals surface area contributed by atoms with E-state index in [-0.39, 0.29) is 0 Å². The van der Waals surface area contributed by atoms with Gasteiger partial charge < -0.3 is 9.64 Å². The Bertz CT molecular complexity index is 606. The van der Waals surface area contributed by atoms with Crippen LogP contribution in [0.4, 0.5) is 0 Å². The van der Waals surface area contributed by atoms with E-state index in [4.69, 9.17) is 4.74 Å². The lowest BCUT2D eigenvalue weighted by molar-refractivity contribution is 0.0268. The first kappa shape index (κ1) is 13.4. The smallest absolute Gasteiger partial charge is 0.119 e. The summed E-state index contributed by atoms with van der Waals surface area (Å²) in [5, 5.41) is 0. The summed E-state index contributed by atoms with van der Waals surface area (Å²) in [7, 11) is 4.09. The Morgan fingerprint density at radius 3 is 3.00 bits per heavy atom. The topological polar surface area (TPSA) is 12.5 Å². The van der Waals surface area contributed by atoms with Crippen molar-refractivity contribution in [3.05, 3.63) is 41.0 Å². The van der Waals surface area contributed by atoms with E-state index in [9.17, 15) is 0 Å². The first-order valence-corrected chi connectivity index (χ1v) is 8.17. The highest BCUT2D eigenvalue weighted by molar-refractivity contribution is 5.47. The van der Waals surface area contributed by atoms with Crippen molar-refractivity contribution in [2.75, 3.05) is 20.7 Å². The zero-order valence-corrected chi connectivity index (χ0v) is 13.4. The molecule has 1 heterocycles. The highest BCUT2D eigenvalue weighted by Gasteiger charge is 2.53. The molecule has 2 heteroatoms. The number of allylic oxidation sites excluding steroid dienone is 2. The van der Waals surface area contributed by atoms with Crippen molar-refractivity contribution in [3.8, 4) is 5.75 Å². The summed E-state index contributed by atoms with van der Waals surface area (Å²) >= 11 is 0. The van der Waals surface area contributed by atoms with Crippen LogP contribution in [0.5, 0.6) is 5.75 Å². The van der Waals surface area contributed by atoms with E-state index in [0.717, 1.165) is 11.7 Å². The Morgan fingerprint density at radius 1 is 1.33 bits per heavy atom. The summed E-state index contributed by atoms with van der Waals surface area (Å²) in [6.45, 7) is 3.54. The Hall–Kier alpha value is -1.28. The fourth-order valence-corrected chi connectivity index (χ4v) is 5.18. The molecule has 2 bridgehead atoms. The highest BCUT2D eigenvalue weighted by Crippen LogP contribution is 2.55. The van der Waals surface area contributed by atoms with Crippen LogP contribution in [0.1, 0.15) is 37.3 Å². The number of methoxy groups -OCH3 is 1. The van der Waals surface area contributed by atoms with Crippen molar-refractivity contribution < 1.29 is 4.74 Å². The summed E-state index contributed by atoms with van der Waals surface area (Å²) in [4.78, 5) is 2.60. The van der Waals surface area contributed by atoms with Crippen LogP contribution in [-0.4, -0.2) is 31.6 Å². The summed E-state index contributed by atoms with van der Waals surface area (Å²) in [6, 6.07) is 7.50. The molecule has 0 aromatic heterocycles. The average Bonchev–Trinajstić information content (AvgIpc) is 2.50. The maximum absolute atomic E-state index is 5.52. The van der Waals surface area contributed by atoms with Gasteiger partial charge in [0.2, 0.25) is 0 Å². The second kappa shape index (κ2) is 4.61. The second-order valence-corrected chi connectivity index (χ2v) is 7.25. The monoisotopic (exact) mass is 283 g/mol. The second-order valence-electron chi connectivity index (χ2n) is 7.25. The number of hydrogen-bond donors (Lipinski definition) is 0. The number of nitrogens with zero attached hydrogens (tertiary/aromatic N) is 1. The van der Waals surface area contributed by atoms with Gasteiger partial charge >= 0.3 is 0 Å². The maximum atomic E-state index is 5.52. The fraction of sp³-hybridized carbons (Fsp3) is 0.579. The van der Waals surface area contributed by atoms with Gasteiger partial charge in [-0.3, -0.25) is 0 Å². The SMILES string of the molecule is COc1ccc2c(c1)C13CCN(C)C(C2)C1CC=C(C)C3. The molecular weight excluding hydrogens is 258 g/mol. The summed E-state index contributed by atoms with van der Waals surface area (Å²) in [6.07, 6.45) is 7.46. The summed E-state index contributed by atoms with van der Waals surface area (Å²) in [5.74, 6) is 1.80. The molecule has 3 unspecified atom stereocenters. The maximum Gasteiger partial charge on any atom is 0.119 e. The third-order valence-electron chi connectivity index (χ3n) is 6.25. The molecule has 1 aromatic carbocycles. The standard InChI is InChI=1S/C19H25NO/c1-13-4-7-16-18-10-14-5-6-15(21-3)11-17(14)19(16,12-13)8-9-20(18)2/h4-6,11,16,18H,7-10,12H2,1-3H3. The van der Waals surface area contributed by atoms with Crippen LogP contribution in [0.15, 0.2) is 29.8 Å². The lowest BCUT2D eigenvalue weighted by Crippen LogP contribution is -2.59. The lowest BCUT2D eigenvalue weighted by atomic mass is 9.53. The third kappa shape index (κ3) is 1.81. The zero-order valence-electron chi connectivity index (χ0n) is 13.4. The van der Waals surface area contributed by atoms with Gasteiger partial charge in [-0.1, -0.05) is 17.7 Å². The van der Waals surface area contributed by atoms with Crippen LogP contribution < -0.4 is 4.74 Å². The molecule has 0 spiro atoms. The summed E-state index contributed by atoms with van der Waals surface area (Å²) in [5.41, 5.74) is 5.07. The number of likely N-dealkylation sites (tertiary alicyclic amines) is 1. The minimum absolute atomic E-state index is 0.359. The van der Waals surface area contributed by atoms with Crippen molar-refractivity contribution in [1.82, 2.24) is 4.90 Å². The van der Waals surface area contributed by atoms with Gasteiger partial charge in [-0.05, 0) is 75.4 Å². The predicted molar refractivity (Wildman–Crippen MR) is 85.9 cm³/mol. The van der Waals surface area contributed by atoms with Crippen LogP contribution in [0.25, 0.3) is 0 Å². The first-order valence-electron chi connectivity index (χ1n) is 8.17. The van der Waals surface area contributed by atoms with E-state index in [0.29, 0.717) is 11.5 Å². The van der Waals surface area contributed by atoms with Gasteiger partial charge in [-0.2, -0.15) is 0 Å². The first-order chi connectivity index (χ1) is 10.1. The van der Waals surface area contributed by atoms with Gasteiger partial charge in [0.1, 0.15) is 5.75 Å². The number of fused-ring (bicyclic) bond motifs is 1. The number of ether oxygens (including phenoxy) is 1. The Balaban J connectivity index is 1.91. The fourth-order valence-electron chi connectivity index (χ4n) is 5.18. The van der Waals surface area contributed by atoms with Gasteiger partial charge in [-0.25, -0.2) is 0 Å². The van der Waals surface area contributed by atoms with Crippen LogP contribution in [0.2, 0.25) is 0 Å². The molecule has 4 rings (SSSR count). The molecule has 0 amide bonds. The van der Waals surface area contributed by atoms with E-state index in [2.05, 4.69) is 43.1 Å². The minimum atomic E-state index is 0.359. The van der Waals surface area contributed by atoms with E-state index in [1.54, 1.807) is 23.8 Å². The molecule has 2 nitrogen and oxygen atoms in total. The number of rotatable bonds is 1. The van der Waals surface area contributed by atoms with Gasteiger partial charge in [0.15, 0.2) is 0 Å². The van der Waals surface area contributed by atoms with Crippen LogP contribution in [-0.2, 0) is 11.8 Å². The molecule has 1 saturated heterocycles. The van der Waals surface area contributed by atoms with E-state index < -0.39 is 0 Å². The van der Waals surface area contributed by atoms with Gasteiger partial charge in [0, 0.05) is 11.5 Å². The van der Waals surface area contributed by atoms with E-state index in [1.807, 2.05) is 0 Å². The molecule has 2 aliphatic carbocycles. The van der Waals surface area contributed by atoms with Crippen LogP contribution >= 0.6 is 0 Å². The van der Waals surface area contributed by atoms with Crippen LogP contribution in [0.3, 0.4) is 0 Å². The summed E-state index contributed by atoms with van der Waals surface area (Å²) < 4.78 is 5.52. The molecular formula is C19H25NO. The molecule has 0 saturated carbocycles. The molecule has 3 aliphatic rings. The number of likely N-dealkylation sites (N-methyl/N-ethyl adjacent to an activating group) is 1. The quantitative estimate of drug-likeness (QED) is 0.731. The van der Waals surface area contributed by atoms with Gasteiger partial charge in [0.25, 0.3) is 0 Å². The minimum Gasteiger partial charge on any atom is -0.497 e. The molecule has 0 N–H and O–H groups in total. The molecule has 1 aromatic rings. The van der Waals surface area contributed by atoms with Gasteiger partial charge in [-0.15, -0.1) is 0 Å². The van der Waals surface area contributed by atoms with Crippen molar-refractivity contribution >= 4 is 0 Å². The Labute approximate surface area is 127 Å². The molecule has 1 fully saturated rings. The number of piperidine rings is 1. The van der Waals surface area contributed by atoms with Gasteiger partial charge in [0.05, 0.1) is 7.11 Å². The predicted octanol–water partition coefficient (Wildman–Crippen LogP) is 3.55. The van der Waals surface area contributed by atoms with E-state index >= 15 is 0 Å². The van der Waals surface area contributed by atoms with E-state index in [1.165, 1.54) is 32.2 Å². The number of hydrogen-bond acceptors (Lipinski definition) is 2. The Morgan fingerprint density at radius 2 is 2.19 bits per heavy atom.